The summed E-state index contributed by atoms with van der Waals surface area (Å²) in [6.07, 6.45) is 5.02. The maximum atomic E-state index is 12.7. The Bertz CT molecular complexity index is 515. The maximum Gasteiger partial charge on any atom is 0.410 e. The zero-order chi connectivity index (χ0) is 17.2. The van der Waals surface area contributed by atoms with Gasteiger partial charge in [0, 0.05) is 12.1 Å². The molecule has 6 nitrogen and oxygen atoms in total. The molecule has 0 N–H and O–H groups in total. The molecule has 0 radical (unpaired) electrons. The van der Waals surface area contributed by atoms with Crippen LogP contribution in [0.2, 0.25) is 0 Å². The number of halogens is 1. The van der Waals surface area contributed by atoms with E-state index in [0.717, 1.165) is 25.7 Å². The van der Waals surface area contributed by atoms with Crippen molar-refractivity contribution in [2.45, 2.75) is 88.9 Å². The van der Waals surface area contributed by atoms with Crippen molar-refractivity contribution in [1.29, 1.82) is 0 Å². The Morgan fingerprint density at radius 1 is 1.08 bits per heavy atom. The summed E-state index contributed by atoms with van der Waals surface area (Å²) in [6, 6.07) is 0.501. The number of ether oxygens (including phenoxy) is 3. The minimum absolute atomic E-state index is 0. The molecule has 0 aromatic rings. The van der Waals surface area contributed by atoms with E-state index in [1.807, 2.05) is 4.90 Å². The van der Waals surface area contributed by atoms with Crippen LogP contribution < -0.4 is 0 Å². The Hall–Kier alpha value is -0.560. The van der Waals surface area contributed by atoms with Gasteiger partial charge in [0.15, 0.2) is 0 Å². The topological polar surface area (TPSA) is 51.2 Å². The SMILES string of the molecule is CC1CCCC(C)N1C(=O)OCC12COC3(C)CCC(C)(OC1)N23.Cl. The Balaban J connectivity index is 0.00000182. The highest BCUT2D eigenvalue weighted by Gasteiger charge is 2.69. The third-order valence-corrected chi connectivity index (χ3v) is 6.65. The fourth-order valence-electron chi connectivity index (χ4n) is 5.41. The minimum Gasteiger partial charge on any atom is -0.447 e. The highest BCUT2D eigenvalue weighted by Crippen LogP contribution is 2.55. The van der Waals surface area contributed by atoms with E-state index in [1.165, 1.54) is 6.42 Å². The van der Waals surface area contributed by atoms with E-state index in [0.29, 0.717) is 19.8 Å². The zero-order valence-electron chi connectivity index (χ0n) is 15.7. The third kappa shape index (κ3) is 2.76. The summed E-state index contributed by atoms with van der Waals surface area (Å²) in [5.41, 5.74) is -0.912. The molecule has 4 heterocycles. The molecule has 4 aliphatic rings. The van der Waals surface area contributed by atoms with Gasteiger partial charge in [-0.1, -0.05) is 0 Å². The highest BCUT2D eigenvalue weighted by molar-refractivity contribution is 5.85. The maximum absolute atomic E-state index is 12.7. The lowest BCUT2D eigenvalue weighted by Gasteiger charge is -2.40. The van der Waals surface area contributed by atoms with Gasteiger partial charge in [-0.3, -0.25) is 0 Å². The first-order valence-corrected chi connectivity index (χ1v) is 9.33. The molecule has 0 aliphatic carbocycles. The van der Waals surface area contributed by atoms with E-state index in [-0.39, 0.29) is 47.6 Å². The Kier molecular flexibility index (Phi) is 4.81. The lowest BCUT2D eigenvalue weighted by Crippen LogP contribution is -2.57. The van der Waals surface area contributed by atoms with Crippen LogP contribution in [0.3, 0.4) is 0 Å². The first kappa shape index (κ1) is 19.2. The fourth-order valence-corrected chi connectivity index (χ4v) is 5.41. The Morgan fingerprint density at radius 3 is 2.12 bits per heavy atom. The van der Waals surface area contributed by atoms with Gasteiger partial charge in [0.05, 0.1) is 13.2 Å². The van der Waals surface area contributed by atoms with E-state index in [9.17, 15) is 4.79 Å². The Morgan fingerprint density at radius 2 is 1.60 bits per heavy atom. The molecular weight excluding hydrogens is 344 g/mol. The van der Waals surface area contributed by atoms with Gasteiger partial charge in [0.1, 0.15) is 23.6 Å². The van der Waals surface area contributed by atoms with Gasteiger partial charge < -0.3 is 19.1 Å². The number of hydrogen-bond acceptors (Lipinski definition) is 5. The van der Waals surface area contributed by atoms with Crippen molar-refractivity contribution in [3.05, 3.63) is 0 Å². The molecule has 0 spiro atoms. The van der Waals surface area contributed by atoms with E-state index in [4.69, 9.17) is 14.2 Å². The summed E-state index contributed by atoms with van der Waals surface area (Å²) in [5.74, 6) is 0. The molecule has 4 saturated heterocycles. The van der Waals surface area contributed by atoms with Crippen molar-refractivity contribution in [2.24, 2.45) is 0 Å². The van der Waals surface area contributed by atoms with Crippen LogP contribution in [0, 0.1) is 0 Å². The number of rotatable bonds is 2. The van der Waals surface area contributed by atoms with E-state index in [1.54, 1.807) is 0 Å². The zero-order valence-corrected chi connectivity index (χ0v) is 16.6. The first-order valence-electron chi connectivity index (χ1n) is 9.33. The van der Waals surface area contributed by atoms with Crippen molar-refractivity contribution in [2.75, 3.05) is 19.8 Å². The van der Waals surface area contributed by atoms with Gasteiger partial charge >= 0.3 is 6.09 Å². The standard InChI is InChI=1S/C18H30N2O4.ClH/c1-13-6-5-7-14(2)19(13)15(21)22-10-18-11-23-16(3)8-9-17(4,20(16)18)24-12-18;/h13-14H,5-12H2,1-4H3;1H. The highest BCUT2D eigenvalue weighted by atomic mass is 35.5. The predicted octanol–water partition coefficient (Wildman–Crippen LogP) is 3.14. The summed E-state index contributed by atoms with van der Waals surface area (Å²) in [5, 5.41) is 0. The van der Waals surface area contributed by atoms with Gasteiger partial charge in [-0.25, -0.2) is 9.69 Å². The Labute approximate surface area is 156 Å². The quantitative estimate of drug-likeness (QED) is 0.743. The smallest absolute Gasteiger partial charge is 0.410 e. The van der Waals surface area contributed by atoms with Crippen LogP contribution in [0.4, 0.5) is 4.79 Å². The molecule has 144 valence electrons. The van der Waals surface area contributed by atoms with Crippen molar-refractivity contribution in [3.63, 3.8) is 0 Å². The average Bonchev–Trinajstić information content (AvgIpc) is 3.10. The van der Waals surface area contributed by atoms with Gasteiger partial charge in [0.2, 0.25) is 0 Å². The van der Waals surface area contributed by atoms with Crippen molar-refractivity contribution in [1.82, 2.24) is 9.80 Å². The summed E-state index contributed by atoms with van der Waals surface area (Å²) in [6.45, 7) is 9.96. The summed E-state index contributed by atoms with van der Waals surface area (Å²) >= 11 is 0. The number of amides is 1. The van der Waals surface area contributed by atoms with Gasteiger partial charge in [-0.15, -0.1) is 12.4 Å². The van der Waals surface area contributed by atoms with Gasteiger partial charge in [-0.05, 0) is 59.8 Å². The van der Waals surface area contributed by atoms with Crippen LogP contribution in [0.5, 0.6) is 0 Å². The molecule has 0 aromatic carbocycles. The second-order valence-corrected chi connectivity index (χ2v) is 8.58. The van der Waals surface area contributed by atoms with Crippen LogP contribution in [0.15, 0.2) is 0 Å². The molecule has 0 saturated carbocycles. The molecule has 4 aliphatic heterocycles. The summed E-state index contributed by atoms with van der Waals surface area (Å²) < 4.78 is 18.1. The van der Waals surface area contributed by atoms with Crippen molar-refractivity contribution < 1.29 is 19.0 Å². The van der Waals surface area contributed by atoms with Crippen LogP contribution in [0.25, 0.3) is 0 Å². The second kappa shape index (κ2) is 6.25. The fraction of sp³-hybridized carbons (Fsp3) is 0.944. The van der Waals surface area contributed by atoms with Gasteiger partial charge in [0.25, 0.3) is 0 Å². The molecule has 0 aromatic heterocycles. The molecule has 1 amide bonds. The average molecular weight is 375 g/mol. The number of nitrogens with zero attached hydrogens (tertiary/aromatic N) is 2. The monoisotopic (exact) mass is 374 g/mol. The number of piperidine rings is 1. The lowest BCUT2D eigenvalue weighted by atomic mass is 9.98. The predicted molar refractivity (Wildman–Crippen MR) is 95.7 cm³/mol. The van der Waals surface area contributed by atoms with Crippen LogP contribution in [-0.4, -0.2) is 64.8 Å². The number of hydrogen-bond donors (Lipinski definition) is 0. The normalized spacial score (nSPS) is 46.0. The van der Waals surface area contributed by atoms with Crippen LogP contribution in [-0.2, 0) is 14.2 Å². The molecule has 0 bridgehead atoms. The molecule has 7 heteroatoms. The largest absolute Gasteiger partial charge is 0.447 e. The molecule has 4 rings (SSSR count). The minimum atomic E-state index is -0.335. The van der Waals surface area contributed by atoms with E-state index in [2.05, 4.69) is 32.6 Å². The van der Waals surface area contributed by atoms with Gasteiger partial charge in [-0.2, -0.15) is 0 Å². The van der Waals surface area contributed by atoms with Crippen molar-refractivity contribution >= 4 is 18.5 Å². The third-order valence-electron chi connectivity index (χ3n) is 6.65. The molecule has 4 fully saturated rings. The summed E-state index contributed by atoms with van der Waals surface area (Å²) in [4.78, 5) is 17.0. The first-order chi connectivity index (χ1) is 11.3. The molecule has 4 atom stereocenters. The van der Waals surface area contributed by atoms with Crippen LogP contribution in [0.1, 0.15) is 59.8 Å². The van der Waals surface area contributed by atoms with Crippen LogP contribution >= 0.6 is 12.4 Å². The van der Waals surface area contributed by atoms with E-state index >= 15 is 0 Å². The number of carbonyl (C=O) groups is 1. The molecule has 4 unspecified atom stereocenters. The second-order valence-electron chi connectivity index (χ2n) is 8.58. The number of likely N-dealkylation sites (tertiary alicyclic amines) is 1. The molecular formula is C18H31ClN2O4. The van der Waals surface area contributed by atoms with E-state index < -0.39 is 0 Å². The lowest BCUT2D eigenvalue weighted by molar-refractivity contribution is -0.125. The van der Waals surface area contributed by atoms with Crippen molar-refractivity contribution in [3.8, 4) is 0 Å². The molecule has 25 heavy (non-hydrogen) atoms. The summed E-state index contributed by atoms with van der Waals surface area (Å²) in [7, 11) is 0. The number of carbonyl (C=O) groups excluding carboxylic acids is 1.